The Kier molecular flexibility index (Phi) is 4.12. The van der Waals surface area contributed by atoms with E-state index in [0.29, 0.717) is 19.1 Å². The van der Waals surface area contributed by atoms with Gasteiger partial charge in [0.1, 0.15) is 5.82 Å². The molecule has 0 saturated heterocycles. The van der Waals surface area contributed by atoms with Crippen molar-refractivity contribution >= 4 is 23.3 Å². The number of benzene rings is 1. The van der Waals surface area contributed by atoms with Crippen molar-refractivity contribution in [1.29, 1.82) is 0 Å². The van der Waals surface area contributed by atoms with Gasteiger partial charge in [-0.3, -0.25) is 0 Å². The lowest BCUT2D eigenvalue weighted by atomic mass is 10.2. The molecule has 0 radical (unpaired) electrons. The average molecular weight is 308 g/mol. The minimum absolute atomic E-state index is 0.365. The number of fused-ring (bicyclic) bond motifs is 1. The summed E-state index contributed by atoms with van der Waals surface area (Å²) in [4.78, 5) is 5.63. The highest BCUT2D eigenvalue weighted by Crippen LogP contribution is 2.37. The highest BCUT2D eigenvalue weighted by atomic mass is 32.2. The van der Waals surface area contributed by atoms with Crippen molar-refractivity contribution in [3.05, 3.63) is 24.0 Å². The van der Waals surface area contributed by atoms with Crippen molar-refractivity contribution < 1.29 is 9.47 Å². The van der Waals surface area contributed by atoms with Gasteiger partial charge in [0.15, 0.2) is 15.8 Å². The Morgan fingerprint density at radius 2 is 2.00 bits per heavy atom. The Morgan fingerprint density at radius 1 is 1.20 bits per heavy atom. The first-order valence-electron chi connectivity index (χ1n) is 6.63. The summed E-state index contributed by atoms with van der Waals surface area (Å²) in [5.41, 5.74) is 0. The van der Waals surface area contributed by atoms with Gasteiger partial charge in [0, 0.05) is 17.2 Å². The van der Waals surface area contributed by atoms with E-state index in [2.05, 4.69) is 23.2 Å². The van der Waals surface area contributed by atoms with Crippen LogP contribution >= 0.6 is 23.3 Å². The monoisotopic (exact) mass is 308 g/mol. The molecule has 1 aromatic carbocycles. The summed E-state index contributed by atoms with van der Waals surface area (Å²) < 4.78 is 16.7. The summed E-state index contributed by atoms with van der Waals surface area (Å²) in [6.45, 7) is 5.62. The molecule has 0 saturated carbocycles. The topological polar surface area (TPSA) is 44.2 Å². The molecule has 106 valence electrons. The predicted molar refractivity (Wildman–Crippen MR) is 80.2 cm³/mol. The molecule has 0 N–H and O–H groups in total. The number of ether oxygens (including phenoxy) is 2. The van der Waals surface area contributed by atoms with E-state index in [9.17, 15) is 0 Å². The van der Waals surface area contributed by atoms with E-state index in [1.165, 1.54) is 11.5 Å². The molecule has 0 atom stereocenters. The maximum absolute atomic E-state index is 5.70. The van der Waals surface area contributed by atoms with Crippen molar-refractivity contribution in [2.75, 3.05) is 13.2 Å². The van der Waals surface area contributed by atoms with Gasteiger partial charge in [-0.2, -0.15) is 4.37 Å². The van der Waals surface area contributed by atoms with Crippen LogP contribution in [0.5, 0.6) is 11.5 Å². The lowest BCUT2D eigenvalue weighted by Crippen LogP contribution is -1.97. The third kappa shape index (κ3) is 3.07. The quantitative estimate of drug-likeness (QED) is 0.858. The van der Waals surface area contributed by atoms with Gasteiger partial charge < -0.3 is 9.47 Å². The van der Waals surface area contributed by atoms with Crippen LogP contribution in [-0.4, -0.2) is 22.6 Å². The molecule has 0 spiro atoms. The van der Waals surface area contributed by atoms with Crippen LogP contribution in [0.4, 0.5) is 0 Å². The zero-order valence-electron chi connectivity index (χ0n) is 11.5. The van der Waals surface area contributed by atoms with E-state index in [1.54, 1.807) is 11.8 Å². The summed E-state index contributed by atoms with van der Waals surface area (Å²) in [7, 11) is 0. The van der Waals surface area contributed by atoms with Gasteiger partial charge in [0.25, 0.3) is 0 Å². The largest absolute Gasteiger partial charge is 0.490 e. The molecule has 1 aliphatic heterocycles. The second kappa shape index (κ2) is 6.01. The van der Waals surface area contributed by atoms with Crippen molar-refractivity contribution in [2.24, 2.45) is 0 Å². The number of nitrogens with zero attached hydrogens (tertiary/aromatic N) is 2. The average Bonchev–Trinajstić information content (AvgIpc) is 2.77. The highest BCUT2D eigenvalue weighted by Gasteiger charge is 2.13. The zero-order valence-corrected chi connectivity index (χ0v) is 13.1. The molecule has 0 amide bonds. The Morgan fingerprint density at radius 3 is 2.75 bits per heavy atom. The molecule has 0 bridgehead atoms. The summed E-state index contributed by atoms with van der Waals surface area (Å²) in [6, 6.07) is 6.02. The fourth-order valence-electron chi connectivity index (χ4n) is 1.80. The Hall–Kier alpha value is -1.27. The van der Waals surface area contributed by atoms with E-state index < -0.39 is 0 Å². The third-order valence-electron chi connectivity index (χ3n) is 2.86. The summed E-state index contributed by atoms with van der Waals surface area (Å²) in [6.07, 6.45) is 0.922. The van der Waals surface area contributed by atoms with Crippen LogP contribution in [0.2, 0.25) is 0 Å². The van der Waals surface area contributed by atoms with Crippen molar-refractivity contribution in [1.82, 2.24) is 9.36 Å². The fraction of sp³-hybridized carbons (Fsp3) is 0.429. The van der Waals surface area contributed by atoms with Crippen LogP contribution < -0.4 is 9.47 Å². The normalized spacial score (nSPS) is 14.3. The van der Waals surface area contributed by atoms with Crippen molar-refractivity contribution in [3.63, 3.8) is 0 Å². The lowest BCUT2D eigenvalue weighted by Gasteiger charge is -2.08. The molecule has 1 aromatic heterocycles. The zero-order chi connectivity index (χ0) is 13.9. The van der Waals surface area contributed by atoms with Crippen LogP contribution in [0.3, 0.4) is 0 Å². The van der Waals surface area contributed by atoms with Gasteiger partial charge >= 0.3 is 0 Å². The molecule has 2 heterocycles. The van der Waals surface area contributed by atoms with Crippen LogP contribution in [0, 0.1) is 0 Å². The van der Waals surface area contributed by atoms with Crippen LogP contribution in [0.15, 0.2) is 27.4 Å². The molecular formula is C14H16N2O2S2. The maximum Gasteiger partial charge on any atom is 0.174 e. The number of hydrogen-bond donors (Lipinski definition) is 0. The smallest absolute Gasteiger partial charge is 0.174 e. The first-order chi connectivity index (χ1) is 9.72. The van der Waals surface area contributed by atoms with Gasteiger partial charge in [-0.05, 0) is 29.7 Å². The Bertz CT molecular complexity index is 599. The SMILES string of the molecule is CC(C)c1nsc(Sc2ccc3c(c2)OCCCO3)n1. The fourth-order valence-corrected chi connectivity index (χ4v) is 3.55. The van der Waals surface area contributed by atoms with Crippen LogP contribution in [0.1, 0.15) is 32.0 Å². The van der Waals surface area contributed by atoms with E-state index >= 15 is 0 Å². The van der Waals surface area contributed by atoms with Crippen molar-refractivity contribution in [3.8, 4) is 11.5 Å². The summed E-state index contributed by atoms with van der Waals surface area (Å²) in [5.74, 6) is 2.92. The van der Waals surface area contributed by atoms with Crippen LogP contribution in [0.25, 0.3) is 0 Å². The molecule has 6 heteroatoms. The highest BCUT2D eigenvalue weighted by molar-refractivity contribution is 8.01. The summed E-state index contributed by atoms with van der Waals surface area (Å²) in [5, 5.41) is 0. The second-order valence-corrected chi connectivity index (χ2v) is 6.91. The van der Waals surface area contributed by atoms with Gasteiger partial charge in [0.2, 0.25) is 0 Å². The van der Waals surface area contributed by atoms with E-state index in [0.717, 1.165) is 33.0 Å². The van der Waals surface area contributed by atoms with E-state index in [1.807, 2.05) is 18.2 Å². The molecule has 3 rings (SSSR count). The number of hydrogen-bond acceptors (Lipinski definition) is 6. The molecule has 0 unspecified atom stereocenters. The molecular weight excluding hydrogens is 292 g/mol. The lowest BCUT2D eigenvalue weighted by molar-refractivity contribution is 0.297. The van der Waals surface area contributed by atoms with E-state index in [4.69, 9.17) is 9.47 Å². The number of rotatable bonds is 3. The third-order valence-corrected chi connectivity index (χ3v) is 4.62. The minimum Gasteiger partial charge on any atom is -0.490 e. The van der Waals surface area contributed by atoms with Gasteiger partial charge in [0.05, 0.1) is 13.2 Å². The predicted octanol–water partition coefficient (Wildman–Crippen LogP) is 3.97. The van der Waals surface area contributed by atoms with Gasteiger partial charge in [-0.15, -0.1) is 0 Å². The standard InChI is InChI=1S/C14H16N2O2S2/c1-9(2)13-15-14(20-16-13)19-10-4-5-11-12(8-10)18-7-3-6-17-11/h4-5,8-9H,3,6-7H2,1-2H3. The summed E-state index contributed by atoms with van der Waals surface area (Å²) >= 11 is 3.06. The number of aromatic nitrogens is 2. The molecule has 1 aliphatic rings. The Balaban J connectivity index is 1.78. The van der Waals surface area contributed by atoms with Crippen LogP contribution in [-0.2, 0) is 0 Å². The molecule has 0 fully saturated rings. The van der Waals surface area contributed by atoms with Crippen molar-refractivity contribution in [2.45, 2.75) is 35.4 Å². The molecule has 20 heavy (non-hydrogen) atoms. The maximum atomic E-state index is 5.70. The molecule has 0 aliphatic carbocycles. The Labute approximate surface area is 126 Å². The molecule has 4 nitrogen and oxygen atoms in total. The second-order valence-electron chi connectivity index (χ2n) is 4.83. The minimum atomic E-state index is 0.365. The first kappa shape index (κ1) is 13.7. The van der Waals surface area contributed by atoms with Gasteiger partial charge in [-0.25, -0.2) is 4.98 Å². The first-order valence-corrected chi connectivity index (χ1v) is 8.22. The van der Waals surface area contributed by atoms with E-state index in [-0.39, 0.29) is 0 Å². The van der Waals surface area contributed by atoms with Gasteiger partial charge in [-0.1, -0.05) is 25.6 Å². The molecule has 2 aromatic rings.